The third kappa shape index (κ3) is 3.07. The number of amides is 1. The van der Waals surface area contributed by atoms with Gasteiger partial charge in [0.1, 0.15) is 11.3 Å². The number of nitrogens with one attached hydrogen (secondary N) is 1. The summed E-state index contributed by atoms with van der Waals surface area (Å²) in [6.45, 7) is -0.0182. The molecule has 9 nitrogen and oxygen atoms in total. The summed E-state index contributed by atoms with van der Waals surface area (Å²) in [5, 5.41) is 10.8. The lowest BCUT2D eigenvalue weighted by Gasteiger charge is -2.03. The van der Waals surface area contributed by atoms with Gasteiger partial charge in [0, 0.05) is 18.1 Å². The third-order valence-electron chi connectivity index (χ3n) is 4.46. The van der Waals surface area contributed by atoms with Crippen LogP contribution in [0.5, 0.6) is 0 Å². The first-order valence-electron chi connectivity index (χ1n) is 8.78. The smallest absolute Gasteiger partial charge is 0.287 e. The molecule has 1 saturated carbocycles. The number of aromatic nitrogens is 3. The van der Waals surface area contributed by atoms with Crippen LogP contribution < -0.4 is 10.7 Å². The minimum atomic E-state index is -0.556. The number of para-hydroxylation sites is 1. The predicted octanol–water partition coefficient (Wildman–Crippen LogP) is 2.64. The van der Waals surface area contributed by atoms with Crippen LogP contribution >= 0.6 is 0 Å². The number of nitrogens with zero attached hydrogens (tertiary/aromatic N) is 3. The van der Waals surface area contributed by atoms with Crippen LogP contribution in [-0.2, 0) is 6.54 Å². The minimum absolute atomic E-state index is 0.0182. The molecule has 5 rings (SSSR count). The molecule has 0 radical (unpaired) electrons. The van der Waals surface area contributed by atoms with Crippen LogP contribution in [0.15, 0.2) is 54.7 Å². The van der Waals surface area contributed by atoms with E-state index in [4.69, 9.17) is 13.5 Å². The Labute approximate surface area is 157 Å². The Hall–Kier alpha value is -3.75. The normalized spacial score (nSPS) is 13.7. The molecule has 1 fully saturated rings. The van der Waals surface area contributed by atoms with E-state index in [0.717, 1.165) is 24.7 Å². The van der Waals surface area contributed by atoms with Crippen molar-refractivity contribution in [3.05, 3.63) is 64.0 Å². The second-order valence-electron chi connectivity index (χ2n) is 6.55. The number of hydrogen-bond donors (Lipinski definition) is 1. The molecule has 0 unspecified atom stereocenters. The summed E-state index contributed by atoms with van der Waals surface area (Å²) < 4.78 is 15.9. The fourth-order valence-corrected chi connectivity index (χ4v) is 2.84. The fourth-order valence-electron chi connectivity index (χ4n) is 2.84. The first-order chi connectivity index (χ1) is 13.7. The zero-order chi connectivity index (χ0) is 19.1. The number of carbonyl (C=O) groups is 1. The summed E-state index contributed by atoms with van der Waals surface area (Å²) in [4.78, 5) is 28.6. The highest BCUT2D eigenvalue weighted by Crippen LogP contribution is 2.40. The highest BCUT2D eigenvalue weighted by Gasteiger charge is 2.28. The largest absolute Gasteiger partial charge is 0.451 e. The van der Waals surface area contributed by atoms with Crippen LogP contribution in [0.3, 0.4) is 0 Å². The topological polar surface area (TPSA) is 124 Å². The molecule has 0 bridgehead atoms. The second-order valence-corrected chi connectivity index (χ2v) is 6.55. The molecule has 0 spiro atoms. The van der Waals surface area contributed by atoms with Crippen molar-refractivity contribution in [2.24, 2.45) is 0 Å². The Morgan fingerprint density at radius 2 is 2.00 bits per heavy atom. The van der Waals surface area contributed by atoms with Crippen molar-refractivity contribution < 1.29 is 18.3 Å². The highest BCUT2D eigenvalue weighted by atomic mass is 16.5. The quantitative estimate of drug-likeness (QED) is 0.562. The van der Waals surface area contributed by atoms with Crippen LogP contribution in [0.25, 0.3) is 22.5 Å². The van der Waals surface area contributed by atoms with E-state index in [-0.39, 0.29) is 29.4 Å². The van der Waals surface area contributed by atoms with E-state index >= 15 is 0 Å². The third-order valence-corrected chi connectivity index (χ3v) is 4.46. The number of fused-ring (bicyclic) bond motifs is 1. The summed E-state index contributed by atoms with van der Waals surface area (Å²) in [5.74, 6) is 1.10. The molecule has 1 aliphatic carbocycles. The van der Waals surface area contributed by atoms with Crippen molar-refractivity contribution >= 4 is 16.9 Å². The summed E-state index contributed by atoms with van der Waals surface area (Å²) in [7, 11) is 0. The lowest BCUT2D eigenvalue weighted by Crippen LogP contribution is -2.24. The Balaban J connectivity index is 1.29. The number of hydrogen-bond acceptors (Lipinski definition) is 8. The van der Waals surface area contributed by atoms with E-state index in [1.807, 2.05) is 0 Å². The zero-order valence-corrected chi connectivity index (χ0v) is 14.5. The first kappa shape index (κ1) is 16.4. The fraction of sp³-hybridized carbons (Fsp3) is 0.211. The molecule has 0 atom stereocenters. The van der Waals surface area contributed by atoms with Crippen LogP contribution in [0.2, 0.25) is 0 Å². The lowest BCUT2D eigenvalue weighted by molar-refractivity contribution is 0.0919. The van der Waals surface area contributed by atoms with E-state index in [9.17, 15) is 9.59 Å². The Kier molecular flexibility index (Phi) is 3.78. The van der Waals surface area contributed by atoms with Gasteiger partial charge in [0.15, 0.2) is 16.9 Å². The van der Waals surface area contributed by atoms with Gasteiger partial charge in [-0.15, -0.1) is 0 Å². The number of carbonyl (C=O) groups excluding carboxylic acids is 1. The molecule has 0 saturated heterocycles. The lowest BCUT2D eigenvalue weighted by atomic mass is 10.2. The molecule has 9 heteroatoms. The minimum Gasteiger partial charge on any atom is -0.451 e. The van der Waals surface area contributed by atoms with Gasteiger partial charge >= 0.3 is 0 Å². The molecule has 3 heterocycles. The molecule has 1 aromatic carbocycles. The molecule has 1 amide bonds. The Morgan fingerprint density at radius 3 is 2.86 bits per heavy atom. The van der Waals surface area contributed by atoms with Crippen molar-refractivity contribution in [3.8, 4) is 11.5 Å². The second kappa shape index (κ2) is 6.45. The SMILES string of the molecule is O=C(NCc1nc(-c2cc(C3CC3)on2)no1)c1cc(=O)c2ccccc2o1. The zero-order valence-electron chi connectivity index (χ0n) is 14.5. The molecule has 0 aliphatic heterocycles. The summed E-state index contributed by atoms with van der Waals surface area (Å²) in [6.07, 6.45) is 2.20. The number of rotatable bonds is 5. The first-order valence-corrected chi connectivity index (χ1v) is 8.78. The van der Waals surface area contributed by atoms with Crippen molar-refractivity contribution in [1.82, 2.24) is 20.6 Å². The van der Waals surface area contributed by atoms with Gasteiger partial charge in [0.25, 0.3) is 5.91 Å². The van der Waals surface area contributed by atoms with E-state index < -0.39 is 5.91 Å². The number of benzene rings is 1. The van der Waals surface area contributed by atoms with Gasteiger partial charge in [-0.3, -0.25) is 9.59 Å². The predicted molar refractivity (Wildman–Crippen MR) is 95.4 cm³/mol. The van der Waals surface area contributed by atoms with Crippen LogP contribution in [-0.4, -0.2) is 21.2 Å². The average molecular weight is 378 g/mol. The van der Waals surface area contributed by atoms with Crippen molar-refractivity contribution in [2.45, 2.75) is 25.3 Å². The Bertz CT molecular complexity index is 1230. The van der Waals surface area contributed by atoms with E-state index in [0.29, 0.717) is 22.6 Å². The van der Waals surface area contributed by atoms with Crippen molar-refractivity contribution in [1.29, 1.82) is 0 Å². The molecule has 1 N–H and O–H groups in total. The molecule has 1 aliphatic rings. The van der Waals surface area contributed by atoms with E-state index in [1.54, 1.807) is 30.3 Å². The average Bonchev–Trinajstić information content (AvgIpc) is 3.25. The van der Waals surface area contributed by atoms with Gasteiger partial charge in [-0.25, -0.2) is 0 Å². The van der Waals surface area contributed by atoms with Crippen molar-refractivity contribution in [3.63, 3.8) is 0 Å². The summed E-state index contributed by atoms with van der Waals surface area (Å²) in [6, 6.07) is 9.69. The maximum absolute atomic E-state index is 12.3. The standard InChI is InChI=1S/C19H14N4O5/c24-13-8-16(26-14-4-2-1-3-11(13)14)19(25)20-9-17-21-18(23-28-17)12-7-15(27-22-12)10-5-6-10/h1-4,7-8,10H,5-6,9H2,(H,20,25). The van der Waals surface area contributed by atoms with Gasteiger partial charge in [0.05, 0.1) is 11.9 Å². The van der Waals surface area contributed by atoms with Gasteiger partial charge in [-0.05, 0) is 25.0 Å². The maximum atomic E-state index is 12.3. The van der Waals surface area contributed by atoms with E-state index in [2.05, 4.69) is 20.6 Å². The van der Waals surface area contributed by atoms with Gasteiger partial charge < -0.3 is 18.8 Å². The molecule has 28 heavy (non-hydrogen) atoms. The van der Waals surface area contributed by atoms with Crippen LogP contribution in [0.1, 0.15) is 41.0 Å². The maximum Gasteiger partial charge on any atom is 0.287 e. The van der Waals surface area contributed by atoms with Gasteiger partial charge in [0.2, 0.25) is 11.7 Å². The van der Waals surface area contributed by atoms with Gasteiger partial charge in [-0.1, -0.05) is 22.4 Å². The molecular formula is C19H14N4O5. The monoisotopic (exact) mass is 378 g/mol. The van der Waals surface area contributed by atoms with E-state index in [1.165, 1.54) is 0 Å². The summed E-state index contributed by atoms with van der Waals surface area (Å²) >= 11 is 0. The summed E-state index contributed by atoms with van der Waals surface area (Å²) in [5.41, 5.74) is 0.547. The highest BCUT2D eigenvalue weighted by molar-refractivity contribution is 5.93. The molecule has 4 aromatic rings. The van der Waals surface area contributed by atoms with Crippen LogP contribution in [0, 0.1) is 0 Å². The molecule has 140 valence electrons. The van der Waals surface area contributed by atoms with Gasteiger partial charge in [-0.2, -0.15) is 4.98 Å². The van der Waals surface area contributed by atoms with Crippen LogP contribution in [0.4, 0.5) is 0 Å². The Morgan fingerprint density at radius 1 is 1.14 bits per heavy atom. The molecule has 3 aromatic heterocycles. The van der Waals surface area contributed by atoms with Crippen molar-refractivity contribution in [2.75, 3.05) is 0 Å². The molecular weight excluding hydrogens is 364 g/mol.